The van der Waals surface area contributed by atoms with Gasteiger partial charge in [-0.15, -0.1) is 0 Å². The highest BCUT2D eigenvalue weighted by molar-refractivity contribution is 6.29. The Labute approximate surface area is 116 Å². The van der Waals surface area contributed by atoms with E-state index in [2.05, 4.69) is 15.1 Å². The first-order chi connectivity index (χ1) is 9.01. The van der Waals surface area contributed by atoms with Crippen LogP contribution in [0.3, 0.4) is 0 Å². The first-order valence-electron chi connectivity index (χ1n) is 5.71. The van der Waals surface area contributed by atoms with Gasteiger partial charge in [0, 0.05) is 20.2 Å². The normalized spacial score (nSPS) is 10.8. The van der Waals surface area contributed by atoms with Crippen molar-refractivity contribution in [1.29, 1.82) is 0 Å². The first-order valence-corrected chi connectivity index (χ1v) is 6.09. The summed E-state index contributed by atoms with van der Waals surface area (Å²) in [7, 11) is 3.43. The molecule has 6 nitrogen and oxygen atoms in total. The lowest BCUT2D eigenvalue weighted by atomic mass is 10.3. The molecule has 0 saturated carbocycles. The van der Waals surface area contributed by atoms with E-state index in [4.69, 9.17) is 21.1 Å². The Morgan fingerprint density at radius 2 is 2.05 bits per heavy atom. The molecule has 0 spiro atoms. The molecule has 2 aromatic rings. The van der Waals surface area contributed by atoms with Crippen molar-refractivity contribution >= 4 is 11.6 Å². The molecule has 0 saturated heterocycles. The van der Waals surface area contributed by atoms with Crippen molar-refractivity contribution in [3.8, 4) is 11.6 Å². The Morgan fingerprint density at radius 3 is 2.63 bits per heavy atom. The summed E-state index contributed by atoms with van der Waals surface area (Å²) in [5.74, 6) is 1.54. The number of methoxy groups -OCH3 is 1. The summed E-state index contributed by atoms with van der Waals surface area (Å²) in [5.41, 5.74) is 1.71. The predicted octanol–water partition coefficient (Wildman–Crippen LogP) is 2.42. The predicted molar refractivity (Wildman–Crippen MR) is 70.5 cm³/mol. The minimum Gasteiger partial charge on any atom is -0.435 e. The van der Waals surface area contributed by atoms with Gasteiger partial charge in [-0.3, -0.25) is 4.68 Å². The molecule has 0 aliphatic rings. The third-order valence-corrected chi connectivity index (χ3v) is 2.83. The van der Waals surface area contributed by atoms with Crippen molar-refractivity contribution < 1.29 is 9.47 Å². The van der Waals surface area contributed by atoms with Gasteiger partial charge >= 0.3 is 0 Å². The van der Waals surface area contributed by atoms with Gasteiger partial charge in [0.1, 0.15) is 17.5 Å². The molecule has 0 N–H and O–H groups in total. The van der Waals surface area contributed by atoms with E-state index in [1.807, 2.05) is 20.9 Å². The molecule has 0 fully saturated rings. The van der Waals surface area contributed by atoms with Crippen molar-refractivity contribution in [2.75, 3.05) is 7.11 Å². The number of nitrogens with zero attached hydrogens (tertiary/aromatic N) is 4. The van der Waals surface area contributed by atoms with Gasteiger partial charge in [0.25, 0.3) is 0 Å². The number of aromatic nitrogens is 4. The molecular formula is C12H15ClN4O2. The molecule has 0 aliphatic heterocycles. The lowest BCUT2D eigenvalue weighted by Crippen LogP contribution is -2.00. The molecule has 0 aliphatic carbocycles. The van der Waals surface area contributed by atoms with Crippen LogP contribution in [-0.2, 0) is 18.4 Å². The second-order valence-corrected chi connectivity index (χ2v) is 4.49. The summed E-state index contributed by atoms with van der Waals surface area (Å²) in [5, 5.41) is 4.59. The number of halogens is 1. The van der Waals surface area contributed by atoms with Gasteiger partial charge in [0.15, 0.2) is 11.6 Å². The Morgan fingerprint density at radius 1 is 1.32 bits per heavy atom. The maximum absolute atomic E-state index is 5.93. The molecule has 0 bridgehead atoms. The van der Waals surface area contributed by atoms with Crippen LogP contribution >= 0.6 is 11.6 Å². The fraction of sp³-hybridized carbons (Fsp3) is 0.417. The average Bonchev–Trinajstić information content (AvgIpc) is 2.56. The van der Waals surface area contributed by atoms with Gasteiger partial charge in [-0.1, -0.05) is 11.6 Å². The van der Waals surface area contributed by atoms with Gasteiger partial charge in [-0.25, -0.2) is 4.98 Å². The van der Waals surface area contributed by atoms with E-state index >= 15 is 0 Å². The standard InChI is InChI=1S/C12H15ClN4O2/c1-7-12(8(2)17(3)16-7)19-11-5-9(13)14-10(15-11)6-18-4/h5H,6H2,1-4H3. The Hall–Kier alpha value is -1.66. The Balaban J connectivity index is 2.32. The Bertz CT molecular complexity index is 598. The highest BCUT2D eigenvalue weighted by atomic mass is 35.5. The smallest absolute Gasteiger partial charge is 0.224 e. The SMILES string of the molecule is COCc1nc(Cl)cc(Oc2c(C)nn(C)c2C)n1. The van der Waals surface area contributed by atoms with Gasteiger partial charge in [0.05, 0.1) is 5.69 Å². The molecule has 0 radical (unpaired) electrons. The van der Waals surface area contributed by atoms with Crippen LogP contribution in [0.1, 0.15) is 17.2 Å². The molecule has 0 unspecified atom stereocenters. The summed E-state index contributed by atoms with van der Waals surface area (Å²) in [6.45, 7) is 4.08. The zero-order valence-corrected chi connectivity index (χ0v) is 12.0. The molecule has 19 heavy (non-hydrogen) atoms. The quantitative estimate of drug-likeness (QED) is 0.806. The molecule has 2 aromatic heterocycles. The van der Waals surface area contributed by atoms with Crippen LogP contribution in [0.25, 0.3) is 0 Å². The highest BCUT2D eigenvalue weighted by Gasteiger charge is 2.13. The van der Waals surface area contributed by atoms with Crippen LogP contribution in [0.2, 0.25) is 5.15 Å². The molecule has 102 valence electrons. The molecule has 2 heterocycles. The van der Waals surface area contributed by atoms with Crippen molar-refractivity contribution in [3.63, 3.8) is 0 Å². The Kier molecular flexibility index (Phi) is 4.01. The molecule has 0 aromatic carbocycles. The molecule has 7 heteroatoms. The minimum absolute atomic E-state index is 0.280. The molecule has 0 amide bonds. The molecule has 2 rings (SSSR count). The summed E-state index contributed by atoms with van der Waals surface area (Å²) >= 11 is 5.93. The second-order valence-electron chi connectivity index (χ2n) is 4.10. The van der Waals surface area contributed by atoms with Crippen molar-refractivity contribution in [2.24, 2.45) is 7.05 Å². The van der Waals surface area contributed by atoms with Crippen LogP contribution in [-0.4, -0.2) is 26.9 Å². The second kappa shape index (κ2) is 5.54. The minimum atomic E-state index is 0.280. The summed E-state index contributed by atoms with van der Waals surface area (Å²) < 4.78 is 12.5. The first kappa shape index (κ1) is 13.8. The third kappa shape index (κ3) is 3.02. The van der Waals surface area contributed by atoms with E-state index in [-0.39, 0.29) is 6.61 Å². The highest BCUT2D eigenvalue weighted by Crippen LogP contribution is 2.27. The largest absolute Gasteiger partial charge is 0.435 e. The van der Waals surface area contributed by atoms with E-state index in [1.54, 1.807) is 17.9 Å². The van der Waals surface area contributed by atoms with E-state index in [9.17, 15) is 0 Å². The van der Waals surface area contributed by atoms with E-state index in [0.29, 0.717) is 22.6 Å². The number of hydrogen-bond donors (Lipinski definition) is 0. The van der Waals surface area contributed by atoms with Crippen molar-refractivity contribution in [2.45, 2.75) is 20.5 Å². The fourth-order valence-electron chi connectivity index (χ4n) is 1.69. The fourth-order valence-corrected chi connectivity index (χ4v) is 1.89. The van der Waals surface area contributed by atoms with Crippen LogP contribution in [0.5, 0.6) is 11.6 Å². The van der Waals surface area contributed by atoms with Gasteiger partial charge in [0.2, 0.25) is 5.88 Å². The average molecular weight is 283 g/mol. The van der Waals surface area contributed by atoms with Gasteiger partial charge < -0.3 is 9.47 Å². The van der Waals surface area contributed by atoms with E-state index in [0.717, 1.165) is 11.4 Å². The van der Waals surface area contributed by atoms with Crippen LogP contribution in [0, 0.1) is 13.8 Å². The maximum atomic E-state index is 5.93. The van der Waals surface area contributed by atoms with Crippen molar-refractivity contribution in [1.82, 2.24) is 19.7 Å². The zero-order chi connectivity index (χ0) is 14.0. The van der Waals surface area contributed by atoms with Crippen LogP contribution < -0.4 is 4.74 Å². The molecule has 0 atom stereocenters. The number of aryl methyl sites for hydroxylation is 2. The van der Waals surface area contributed by atoms with Crippen LogP contribution in [0.4, 0.5) is 0 Å². The maximum Gasteiger partial charge on any atom is 0.224 e. The third-order valence-electron chi connectivity index (χ3n) is 2.64. The lowest BCUT2D eigenvalue weighted by molar-refractivity contribution is 0.177. The number of hydrogen-bond acceptors (Lipinski definition) is 5. The summed E-state index contributed by atoms with van der Waals surface area (Å²) in [6, 6.07) is 1.56. The lowest BCUT2D eigenvalue weighted by Gasteiger charge is -2.07. The van der Waals surface area contributed by atoms with Crippen LogP contribution in [0.15, 0.2) is 6.07 Å². The topological polar surface area (TPSA) is 62.1 Å². The number of rotatable bonds is 4. The van der Waals surface area contributed by atoms with Gasteiger partial charge in [-0.2, -0.15) is 10.1 Å². The number of ether oxygens (including phenoxy) is 2. The van der Waals surface area contributed by atoms with Gasteiger partial charge in [-0.05, 0) is 13.8 Å². The summed E-state index contributed by atoms with van der Waals surface area (Å²) in [4.78, 5) is 8.27. The monoisotopic (exact) mass is 282 g/mol. The van der Waals surface area contributed by atoms with Crippen molar-refractivity contribution in [3.05, 3.63) is 28.4 Å². The zero-order valence-electron chi connectivity index (χ0n) is 11.3. The van der Waals surface area contributed by atoms with E-state index < -0.39 is 0 Å². The molecular weight excluding hydrogens is 268 g/mol. The summed E-state index contributed by atoms with van der Waals surface area (Å²) in [6.07, 6.45) is 0. The van der Waals surface area contributed by atoms with E-state index in [1.165, 1.54) is 0 Å².